The quantitative estimate of drug-likeness (QED) is 0.839. The van der Waals surface area contributed by atoms with Gasteiger partial charge in [-0.2, -0.15) is 0 Å². The lowest BCUT2D eigenvalue weighted by Crippen LogP contribution is -2.27. The lowest BCUT2D eigenvalue weighted by atomic mass is 10.4. The second-order valence-electron chi connectivity index (χ2n) is 4.10. The lowest BCUT2D eigenvalue weighted by Gasteiger charge is -2.17. The van der Waals surface area contributed by atoms with Crippen molar-refractivity contribution in [1.82, 2.24) is 15.1 Å². The summed E-state index contributed by atoms with van der Waals surface area (Å²) in [6, 6.07) is 3.53. The summed E-state index contributed by atoms with van der Waals surface area (Å²) in [5, 5.41) is 16.9. The third-order valence-electron chi connectivity index (χ3n) is 2.57. The molecule has 6 nitrogen and oxygen atoms in total. The van der Waals surface area contributed by atoms with Crippen LogP contribution in [0.15, 0.2) is 25.6 Å². The van der Waals surface area contributed by atoms with Gasteiger partial charge < -0.3 is 13.9 Å². The maximum absolute atomic E-state index is 9.00. The van der Waals surface area contributed by atoms with Crippen LogP contribution in [0.5, 0.6) is 0 Å². The van der Waals surface area contributed by atoms with Gasteiger partial charge in [-0.3, -0.25) is 4.90 Å². The first-order valence-electron chi connectivity index (χ1n) is 6.14. The van der Waals surface area contributed by atoms with Gasteiger partial charge in [0, 0.05) is 6.54 Å². The molecule has 0 amide bonds. The van der Waals surface area contributed by atoms with Crippen LogP contribution in [0.25, 0.3) is 11.7 Å². The molecule has 1 N–H and O–H groups in total. The number of aliphatic hydroxyl groups excluding tert-OH is 1. The Morgan fingerprint density at radius 2 is 2.11 bits per heavy atom. The number of aliphatic hydroxyl groups is 1. The van der Waals surface area contributed by atoms with E-state index in [0.29, 0.717) is 35.3 Å². The monoisotopic (exact) mass is 329 g/mol. The van der Waals surface area contributed by atoms with E-state index in [2.05, 4.69) is 38.0 Å². The summed E-state index contributed by atoms with van der Waals surface area (Å²) in [4.78, 5) is 2.06. The van der Waals surface area contributed by atoms with Gasteiger partial charge in [0.15, 0.2) is 10.4 Å². The summed E-state index contributed by atoms with van der Waals surface area (Å²) in [6.07, 6.45) is 1.01. The summed E-state index contributed by atoms with van der Waals surface area (Å²) < 4.78 is 11.5. The molecule has 2 aromatic rings. The minimum absolute atomic E-state index is 0.117. The van der Waals surface area contributed by atoms with E-state index in [9.17, 15) is 0 Å². The fraction of sp³-hybridized carbons (Fsp3) is 0.500. The molecule has 0 atom stereocenters. The van der Waals surface area contributed by atoms with Crippen LogP contribution in [-0.4, -0.2) is 39.9 Å². The normalized spacial score (nSPS) is 11.4. The van der Waals surface area contributed by atoms with Gasteiger partial charge in [0.2, 0.25) is 5.89 Å². The van der Waals surface area contributed by atoms with E-state index < -0.39 is 0 Å². The molecule has 0 saturated carbocycles. The van der Waals surface area contributed by atoms with Crippen LogP contribution in [0, 0.1) is 0 Å². The molecule has 0 fully saturated rings. The predicted octanol–water partition coefficient (Wildman–Crippen LogP) is 2.30. The van der Waals surface area contributed by atoms with Gasteiger partial charge in [-0.05, 0) is 41.0 Å². The molecule has 7 heteroatoms. The molecule has 0 radical (unpaired) electrons. The first-order chi connectivity index (χ1) is 9.22. The lowest BCUT2D eigenvalue weighted by molar-refractivity contribution is 0.179. The highest BCUT2D eigenvalue weighted by molar-refractivity contribution is 9.10. The van der Waals surface area contributed by atoms with Crippen LogP contribution in [0.4, 0.5) is 0 Å². The van der Waals surface area contributed by atoms with Gasteiger partial charge in [-0.15, -0.1) is 10.2 Å². The first-order valence-corrected chi connectivity index (χ1v) is 6.93. The number of furan rings is 1. The number of halogens is 1. The van der Waals surface area contributed by atoms with E-state index in [1.807, 2.05) is 0 Å². The molecule has 0 aromatic carbocycles. The van der Waals surface area contributed by atoms with Crippen molar-refractivity contribution in [3.05, 3.63) is 22.7 Å². The summed E-state index contributed by atoms with van der Waals surface area (Å²) in [5.41, 5.74) is 0. The standard InChI is InChI=1S/C12H16BrN3O3/c1-2-5-16(6-7-17)8-11-14-15-12(19-11)9-3-4-10(13)18-9/h3-4,17H,2,5-8H2,1H3. The third kappa shape index (κ3) is 3.89. The topological polar surface area (TPSA) is 75.5 Å². The fourth-order valence-corrected chi connectivity index (χ4v) is 2.07. The van der Waals surface area contributed by atoms with Gasteiger partial charge >= 0.3 is 0 Å². The summed E-state index contributed by atoms with van der Waals surface area (Å²) >= 11 is 3.23. The number of hydrogen-bond acceptors (Lipinski definition) is 6. The number of nitrogens with zero attached hydrogens (tertiary/aromatic N) is 3. The highest BCUT2D eigenvalue weighted by Gasteiger charge is 2.14. The summed E-state index contributed by atoms with van der Waals surface area (Å²) in [7, 11) is 0. The zero-order valence-electron chi connectivity index (χ0n) is 10.7. The molecule has 2 aromatic heterocycles. The van der Waals surface area contributed by atoms with E-state index >= 15 is 0 Å². The van der Waals surface area contributed by atoms with Gasteiger partial charge in [0.05, 0.1) is 13.2 Å². The van der Waals surface area contributed by atoms with E-state index in [1.54, 1.807) is 12.1 Å². The van der Waals surface area contributed by atoms with Crippen LogP contribution in [0.2, 0.25) is 0 Å². The van der Waals surface area contributed by atoms with Crippen molar-refractivity contribution >= 4 is 15.9 Å². The minimum atomic E-state index is 0.117. The van der Waals surface area contributed by atoms with Gasteiger partial charge in [0.25, 0.3) is 5.89 Å². The van der Waals surface area contributed by atoms with Gasteiger partial charge in [0.1, 0.15) is 0 Å². The number of aromatic nitrogens is 2. The van der Waals surface area contributed by atoms with Crippen molar-refractivity contribution in [1.29, 1.82) is 0 Å². The van der Waals surface area contributed by atoms with Crippen molar-refractivity contribution in [2.75, 3.05) is 19.7 Å². The molecular formula is C12H16BrN3O3. The Labute approximate surface area is 119 Å². The molecule has 0 aliphatic heterocycles. The van der Waals surface area contributed by atoms with Crippen molar-refractivity contribution in [2.45, 2.75) is 19.9 Å². The first kappa shape index (κ1) is 14.2. The zero-order valence-corrected chi connectivity index (χ0v) is 12.3. The van der Waals surface area contributed by atoms with E-state index in [4.69, 9.17) is 13.9 Å². The van der Waals surface area contributed by atoms with E-state index in [1.165, 1.54) is 0 Å². The zero-order chi connectivity index (χ0) is 13.7. The molecule has 104 valence electrons. The average molecular weight is 330 g/mol. The average Bonchev–Trinajstić information content (AvgIpc) is 2.99. The van der Waals surface area contributed by atoms with Crippen LogP contribution in [-0.2, 0) is 6.54 Å². The van der Waals surface area contributed by atoms with E-state index in [0.717, 1.165) is 13.0 Å². The third-order valence-corrected chi connectivity index (χ3v) is 2.99. The highest BCUT2D eigenvalue weighted by Crippen LogP contribution is 2.23. The molecule has 0 bridgehead atoms. The van der Waals surface area contributed by atoms with Crippen LogP contribution >= 0.6 is 15.9 Å². The molecule has 2 heterocycles. The molecular weight excluding hydrogens is 314 g/mol. The van der Waals surface area contributed by atoms with Crippen molar-refractivity contribution in [2.24, 2.45) is 0 Å². The highest BCUT2D eigenvalue weighted by atomic mass is 79.9. The van der Waals surface area contributed by atoms with Crippen molar-refractivity contribution in [3.63, 3.8) is 0 Å². The second kappa shape index (κ2) is 6.83. The SMILES string of the molecule is CCCN(CCO)Cc1nnc(-c2ccc(Br)o2)o1. The smallest absolute Gasteiger partial charge is 0.283 e. The molecule has 0 saturated heterocycles. The maximum Gasteiger partial charge on any atom is 0.283 e. The Balaban J connectivity index is 2.03. The molecule has 0 aliphatic rings. The van der Waals surface area contributed by atoms with Crippen LogP contribution in [0.1, 0.15) is 19.2 Å². The Bertz CT molecular complexity index is 506. The largest absolute Gasteiger partial charge is 0.444 e. The molecule has 0 spiro atoms. The molecule has 19 heavy (non-hydrogen) atoms. The van der Waals surface area contributed by atoms with Gasteiger partial charge in [-0.25, -0.2) is 0 Å². The summed E-state index contributed by atoms with van der Waals surface area (Å²) in [6.45, 7) is 4.21. The Kier molecular flexibility index (Phi) is 5.12. The Morgan fingerprint density at radius 3 is 2.74 bits per heavy atom. The molecule has 0 aliphatic carbocycles. The molecule has 0 unspecified atom stereocenters. The predicted molar refractivity (Wildman–Crippen MR) is 72.4 cm³/mol. The Morgan fingerprint density at radius 1 is 1.26 bits per heavy atom. The minimum Gasteiger partial charge on any atom is -0.444 e. The molecule has 2 rings (SSSR count). The number of rotatable bonds is 7. The van der Waals surface area contributed by atoms with E-state index in [-0.39, 0.29) is 6.61 Å². The fourth-order valence-electron chi connectivity index (χ4n) is 1.77. The van der Waals surface area contributed by atoms with Gasteiger partial charge in [-0.1, -0.05) is 6.92 Å². The van der Waals surface area contributed by atoms with Crippen molar-refractivity contribution in [3.8, 4) is 11.7 Å². The number of hydrogen-bond donors (Lipinski definition) is 1. The maximum atomic E-state index is 9.00. The van der Waals surface area contributed by atoms with Crippen molar-refractivity contribution < 1.29 is 13.9 Å². The van der Waals surface area contributed by atoms with Crippen LogP contribution in [0.3, 0.4) is 0 Å². The Hall–Kier alpha value is -1.18. The second-order valence-corrected chi connectivity index (χ2v) is 4.89. The van der Waals surface area contributed by atoms with Crippen LogP contribution < -0.4 is 0 Å². The summed E-state index contributed by atoms with van der Waals surface area (Å²) in [5.74, 6) is 1.42.